The largest absolute Gasteiger partial charge is 0.353 e. The SMILES string of the molecule is CCCC1CC1NC(=O)C1(C)CCCC1N. The van der Waals surface area contributed by atoms with Gasteiger partial charge < -0.3 is 11.1 Å². The van der Waals surface area contributed by atoms with Crippen molar-refractivity contribution in [3.63, 3.8) is 0 Å². The Bertz CT molecular complexity index is 279. The molecule has 4 unspecified atom stereocenters. The number of hydrogen-bond acceptors (Lipinski definition) is 2. The summed E-state index contributed by atoms with van der Waals surface area (Å²) >= 11 is 0. The van der Waals surface area contributed by atoms with Gasteiger partial charge in [0.25, 0.3) is 0 Å². The van der Waals surface area contributed by atoms with Gasteiger partial charge in [-0.15, -0.1) is 0 Å². The van der Waals surface area contributed by atoms with E-state index in [1.165, 1.54) is 19.3 Å². The monoisotopic (exact) mass is 224 g/mol. The van der Waals surface area contributed by atoms with Gasteiger partial charge in [-0.2, -0.15) is 0 Å². The summed E-state index contributed by atoms with van der Waals surface area (Å²) in [6.45, 7) is 4.22. The van der Waals surface area contributed by atoms with Gasteiger partial charge in [-0.25, -0.2) is 0 Å². The topological polar surface area (TPSA) is 55.1 Å². The number of amides is 1. The second-order valence-electron chi connectivity index (χ2n) is 5.78. The molecule has 0 bridgehead atoms. The average molecular weight is 224 g/mol. The van der Waals surface area contributed by atoms with Crippen LogP contribution in [0.3, 0.4) is 0 Å². The van der Waals surface area contributed by atoms with Gasteiger partial charge in [-0.3, -0.25) is 4.79 Å². The van der Waals surface area contributed by atoms with E-state index in [-0.39, 0.29) is 17.4 Å². The molecule has 1 amide bonds. The third-order valence-electron chi connectivity index (χ3n) is 4.45. The molecule has 2 aliphatic carbocycles. The van der Waals surface area contributed by atoms with Gasteiger partial charge in [0.15, 0.2) is 0 Å². The molecule has 2 aliphatic rings. The minimum atomic E-state index is -0.306. The fourth-order valence-electron chi connectivity index (χ4n) is 2.92. The molecule has 3 nitrogen and oxygen atoms in total. The molecular weight excluding hydrogens is 200 g/mol. The van der Waals surface area contributed by atoms with E-state index in [0.717, 1.165) is 25.2 Å². The van der Waals surface area contributed by atoms with E-state index in [9.17, 15) is 4.79 Å². The average Bonchev–Trinajstić information content (AvgIpc) is 2.86. The van der Waals surface area contributed by atoms with Crippen LogP contribution in [-0.4, -0.2) is 18.0 Å². The van der Waals surface area contributed by atoms with E-state index >= 15 is 0 Å². The Morgan fingerprint density at radius 1 is 1.56 bits per heavy atom. The van der Waals surface area contributed by atoms with Gasteiger partial charge in [-0.1, -0.05) is 19.8 Å². The molecule has 2 fully saturated rings. The second kappa shape index (κ2) is 4.36. The summed E-state index contributed by atoms with van der Waals surface area (Å²) in [5.74, 6) is 0.927. The lowest BCUT2D eigenvalue weighted by Gasteiger charge is -2.27. The van der Waals surface area contributed by atoms with Gasteiger partial charge in [-0.05, 0) is 38.5 Å². The molecule has 2 saturated carbocycles. The van der Waals surface area contributed by atoms with Crippen LogP contribution in [0.4, 0.5) is 0 Å². The van der Waals surface area contributed by atoms with E-state index < -0.39 is 0 Å². The van der Waals surface area contributed by atoms with Crippen molar-refractivity contribution in [2.75, 3.05) is 0 Å². The third kappa shape index (κ3) is 2.10. The van der Waals surface area contributed by atoms with Crippen LogP contribution in [0, 0.1) is 11.3 Å². The van der Waals surface area contributed by atoms with Crippen molar-refractivity contribution >= 4 is 5.91 Å². The van der Waals surface area contributed by atoms with Crippen LogP contribution >= 0.6 is 0 Å². The first-order chi connectivity index (χ1) is 7.58. The molecule has 3 N–H and O–H groups in total. The molecule has 0 radical (unpaired) electrons. The van der Waals surface area contributed by atoms with E-state index in [2.05, 4.69) is 12.2 Å². The number of carbonyl (C=O) groups is 1. The Morgan fingerprint density at radius 2 is 2.31 bits per heavy atom. The summed E-state index contributed by atoms with van der Waals surface area (Å²) < 4.78 is 0. The molecule has 92 valence electrons. The Balaban J connectivity index is 1.85. The molecule has 2 rings (SSSR count). The summed E-state index contributed by atoms with van der Waals surface area (Å²) in [5, 5.41) is 3.18. The zero-order valence-electron chi connectivity index (χ0n) is 10.5. The first-order valence-electron chi connectivity index (χ1n) is 6.64. The van der Waals surface area contributed by atoms with Crippen LogP contribution in [-0.2, 0) is 4.79 Å². The van der Waals surface area contributed by atoms with Crippen molar-refractivity contribution in [2.24, 2.45) is 17.1 Å². The van der Waals surface area contributed by atoms with Crippen molar-refractivity contribution in [2.45, 2.75) is 64.5 Å². The lowest BCUT2D eigenvalue weighted by Crippen LogP contribution is -2.48. The summed E-state index contributed by atoms with van der Waals surface area (Å²) in [4.78, 5) is 12.2. The molecule has 0 spiro atoms. The predicted octanol–water partition coefficient (Wildman–Crippen LogP) is 1.81. The van der Waals surface area contributed by atoms with Gasteiger partial charge in [0.05, 0.1) is 5.41 Å². The van der Waals surface area contributed by atoms with Gasteiger partial charge in [0, 0.05) is 12.1 Å². The number of carbonyl (C=O) groups excluding carboxylic acids is 1. The van der Waals surface area contributed by atoms with E-state index in [0.29, 0.717) is 6.04 Å². The van der Waals surface area contributed by atoms with Crippen molar-refractivity contribution in [1.29, 1.82) is 0 Å². The Hall–Kier alpha value is -0.570. The molecular formula is C13H24N2O. The Morgan fingerprint density at radius 3 is 2.88 bits per heavy atom. The van der Waals surface area contributed by atoms with Crippen LogP contribution in [0.25, 0.3) is 0 Å². The van der Waals surface area contributed by atoms with Crippen LogP contribution < -0.4 is 11.1 Å². The zero-order valence-corrected chi connectivity index (χ0v) is 10.5. The fraction of sp³-hybridized carbons (Fsp3) is 0.923. The third-order valence-corrected chi connectivity index (χ3v) is 4.45. The van der Waals surface area contributed by atoms with Gasteiger partial charge in [0.2, 0.25) is 5.91 Å². The van der Waals surface area contributed by atoms with Crippen LogP contribution in [0.2, 0.25) is 0 Å². The predicted molar refractivity (Wildman–Crippen MR) is 64.9 cm³/mol. The van der Waals surface area contributed by atoms with Crippen molar-refractivity contribution < 1.29 is 4.79 Å². The highest BCUT2D eigenvalue weighted by molar-refractivity contribution is 5.84. The summed E-state index contributed by atoms with van der Waals surface area (Å²) in [6.07, 6.45) is 6.67. The van der Waals surface area contributed by atoms with E-state index in [4.69, 9.17) is 5.73 Å². The molecule has 0 aliphatic heterocycles. The molecule has 0 heterocycles. The molecule has 0 saturated heterocycles. The highest BCUT2D eigenvalue weighted by atomic mass is 16.2. The Kier molecular flexibility index (Phi) is 3.24. The maximum Gasteiger partial charge on any atom is 0.227 e. The van der Waals surface area contributed by atoms with Gasteiger partial charge >= 0.3 is 0 Å². The molecule has 0 aromatic rings. The summed E-state index contributed by atoms with van der Waals surface area (Å²) in [5.41, 5.74) is 5.74. The lowest BCUT2D eigenvalue weighted by atomic mass is 9.84. The molecule has 4 atom stereocenters. The standard InChI is InChI=1S/C13H24N2O/c1-3-5-9-8-10(9)15-12(16)13(2)7-4-6-11(13)14/h9-11H,3-8,14H2,1-2H3,(H,15,16). The van der Waals surface area contributed by atoms with Crippen LogP contribution in [0.15, 0.2) is 0 Å². The van der Waals surface area contributed by atoms with Crippen molar-refractivity contribution in [3.05, 3.63) is 0 Å². The first kappa shape index (κ1) is 11.9. The quantitative estimate of drug-likeness (QED) is 0.765. The maximum absolute atomic E-state index is 12.2. The molecule has 16 heavy (non-hydrogen) atoms. The number of rotatable bonds is 4. The summed E-state index contributed by atoms with van der Waals surface area (Å²) in [7, 11) is 0. The second-order valence-corrected chi connectivity index (χ2v) is 5.78. The van der Waals surface area contributed by atoms with Gasteiger partial charge in [0.1, 0.15) is 0 Å². The van der Waals surface area contributed by atoms with E-state index in [1.54, 1.807) is 0 Å². The van der Waals surface area contributed by atoms with Crippen molar-refractivity contribution in [1.82, 2.24) is 5.32 Å². The Labute approximate surface area is 98.2 Å². The normalized spacial score (nSPS) is 42.1. The fourth-order valence-corrected chi connectivity index (χ4v) is 2.92. The zero-order chi connectivity index (χ0) is 11.8. The van der Waals surface area contributed by atoms with E-state index in [1.807, 2.05) is 6.92 Å². The highest BCUT2D eigenvalue weighted by Crippen LogP contribution is 2.39. The number of nitrogens with two attached hydrogens (primary N) is 1. The summed E-state index contributed by atoms with van der Waals surface area (Å²) in [6, 6.07) is 0.493. The van der Waals surface area contributed by atoms with Crippen LogP contribution in [0.1, 0.15) is 52.4 Å². The molecule has 0 aromatic heterocycles. The van der Waals surface area contributed by atoms with Crippen LogP contribution in [0.5, 0.6) is 0 Å². The number of hydrogen-bond donors (Lipinski definition) is 2. The minimum absolute atomic E-state index is 0.0517. The smallest absolute Gasteiger partial charge is 0.227 e. The molecule has 0 aromatic carbocycles. The molecule has 3 heteroatoms. The first-order valence-corrected chi connectivity index (χ1v) is 6.64. The minimum Gasteiger partial charge on any atom is -0.353 e. The number of nitrogens with one attached hydrogen (secondary N) is 1. The highest BCUT2D eigenvalue weighted by Gasteiger charge is 2.46. The lowest BCUT2D eigenvalue weighted by molar-refractivity contribution is -0.130. The van der Waals surface area contributed by atoms with Crippen molar-refractivity contribution in [3.8, 4) is 0 Å². The maximum atomic E-state index is 12.2.